The average Bonchev–Trinajstić information content (AvgIpc) is 2.78. The third-order valence-electron chi connectivity index (χ3n) is 6.94. The molecule has 2 atom stereocenters. The molecule has 5 nitrogen and oxygen atoms in total. The summed E-state index contributed by atoms with van der Waals surface area (Å²) in [6.45, 7) is 2.90. The van der Waals surface area contributed by atoms with Crippen LogP contribution in [0.15, 0.2) is 48.5 Å². The van der Waals surface area contributed by atoms with E-state index in [1.807, 2.05) is 43.3 Å². The molecule has 0 aliphatic carbocycles. The Kier molecular flexibility index (Phi) is 6.49. The first-order valence-corrected chi connectivity index (χ1v) is 12.4. The molecular formula is C24H30FNO4S. The van der Waals surface area contributed by atoms with Crippen molar-refractivity contribution in [2.75, 3.05) is 19.8 Å². The van der Waals surface area contributed by atoms with Crippen LogP contribution in [0.5, 0.6) is 0 Å². The summed E-state index contributed by atoms with van der Waals surface area (Å²) in [6.07, 6.45) is 2.57. The Morgan fingerprint density at radius 3 is 2.48 bits per heavy atom. The zero-order valence-electron chi connectivity index (χ0n) is 17.8. The second kappa shape index (κ2) is 8.98. The molecule has 2 fully saturated rings. The van der Waals surface area contributed by atoms with E-state index in [4.69, 9.17) is 4.74 Å². The molecule has 2 aliphatic rings. The molecule has 168 valence electrons. The van der Waals surface area contributed by atoms with E-state index >= 15 is 4.39 Å². The Balaban J connectivity index is 1.60. The highest BCUT2D eigenvalue weighted by Gasteiger charge is 2.41. The van der Waals surface area contributed by atoms with E-state index in [-0.39, 0.29) is 19.2 Å². The van der Waals surface area contributed by atoms with Gasteiger partial charge in [-0.05, 0) is 49.8 Å². The number of benzene rings is 2. The third-order valence-corrected chi connectivity index (χ3v) is 9.31. The van der Waals surface area contributed by atoms with E-state index in [0.717, 1.165) is 17.5 Å². The van der Waals surface area contributed by atoms with Crippen molar-refractivity contribution in [2.24, 2.45) is 0 Å². The minimum absolute atomic E-state index is 0.00812. The molecule has 0 saturated carbocycles. The van der Waals surface area contributed by atoms with E-state index in [2.05, 4.69) is 0 Å². The minimum atomic E-state index is -3.62. The Morgan fingerprint density at radius 2 is 1.84 bits per heavy atom. The number of hydrogen-bond acceptors (Lipinski definition) is 4. The molecule has 2 aromatic carbocycles. The van der Waals surface area contributed by atoms with Crippen molar-refractivity contribution in [2.45, 2.75) is 55.9 Å². The lowest BCUT2D eigenvalue weighted by atomic mass is 9.74. The first-order chi connectivity index (χ1) is 14.9. The highest BCUT2D eigenvalue weighted by atomic mass is 32.2. The van der Waals surface area contributed by atoms with Crippen molar-refractivity contribution < 1.29 is 22.7 Å². The number of sulfonamides is 1. The Bertz CT molecular complexity index is 1010. The number of nitrogens with zero attached hydrogens (tertiary/aromatic N) is 1. The van der Waals surface area contributed by atoms with Gasteiger partial charge < -0.3 is 9.84 Å². The summed E-state index contributed by atoms with van der Waals surface area (Å²) < 4.78 is 48.8. The van der Waals surface area contributed by atoms with Crippen molar-refractivity contribution >= 4 is 10.0 Å². The lowest BCUT2D eigenvalue weighted by Gasteiger charge is -2.38. The van der Waals surface area contributed by atoms with Gasteiger partial charge in [0.1, 0.15) is 11.1 Å². The summed E-state index contributed by atoms with van der Waals surface area (Å²) >= 11 is 0. The number of hydrogen-bond donors (Lipinski definition) is 1. The SMILES string of the molecule is C[C@H]1CC[C@H](c2ccccc2)S(=O)(=O)N1Cc1ccc(C2(CO)CCOCC2)cc1F. The van der Waals surface area contributed by atoms with Crippen LogP contribution in [0.4, 0.5) is 4.39 Å². The first kappa shape index (κ1) is 22.4. The molecule has 0 spiro atoms. The van der Waals surface area contributed by atoms with Crippen molar-refractivity contribution in [3.05, 3.63) is 71.0 Å². The largest absolute Gasteiger partial charge is 0.395 e. The topological polar surface area (TPSA) is 66.8 Å². The van der Waals surface area contributed by atoms with Gasteiger partial charge in [0.15, 0.2) is 0 Å². The molecule has 0 unspecified atom stereocenters. The van der Waals surface area contributed by atoms with Gasteiger partial charge in [0.05, 0.1) is 6.61 Å². The lowest BCUT2D eigenvalue weighted by molar-refractivity contribution is 0.0252. The van der Waals surface area contributed by atoms with E-state index < -0.39 is 26.5 Å². The van der Waals surface area contributed by atoms with Gasteiger partial charge in [-0.1, -0.05) is 42.5 Å². The van der Waals surface area contributed by atoms with Gasteiger partial charge in [-0.3, -0.25) is 0 Å². The van der Waals surface area contributed by atoms with Gasteiger partial charge in [0, 0.05) is 36.8 Å². The molecule has 0 amide bonds. The molecule has 0 bridgehead atoms. The van der Waals surface area contributed by atoms with Crippen LogP contribution in [0.25, 0.3) is 0 Å². The number of ether oxygens (including phenoxy) is 1. The predicted octanol–water partition coefficient (Wildman–Crippen LogP) is 3.92. The third kappa shape index (κ3) is 4.29. The van der Waals surface area contributed by atoms with Gasteiger partial charge in [0.25, 0.3) is 0 Å². The first-order valence-electron chi connectivity index (χ1n) is 10.9. The molecule has 31 heavy (non-hydrogen) atoms. The maximum absolute atomic E-state index is 15.1. The number of aliphatic hydroxyl groups is 1. The van der Waals surface area contributed by atoms with Crippen molar-refractivity contribution in [1.29, 1.82) is 0 Å². The summed E-state index contributed by atoms with van der Waals surface area (Å²) in [4.78, 5) is 0. The quantitative estimate of drug-likeness (QED) is 0.754. The van der Waals surface area contributed by atoms with Crippen LogP contribution in [0.3, 0.4) is 0 Å². The summed E-state index contributed by atoms with van der Waals surface area (Å²) in [6, 6.07) is 14.0. The van der Waals surface area contributed by atoms with Crippen LogP contribution < -0.4 is 0 Å². The molecule has 2 saturated heterocycles. The smallest absolute Gasteiger partial charge is 0.221 e. The summed E-state index contributed by atoms with van der Waals surface area (Å²) in [5.41, 5.74) is 1.38. The molecule has 2 aromatic rings. The minimum Gasteiger partial charge on any atom is -0.395 e. The standard InChI is InChI=1S/C24H30FNO4S/c1-18-7-10-23(19-5-3-2-4-6-19)31(28,29)26(18)16-20-8-9-21(15-22(20)25)24(17-27)11-13-30-14-12-24/h2-6,8-9,15,18,23,27H,7,10-14,16-17H2,1H3/t18-,23+/m0/s1. The fraction of sp³-hybridized carbons (Fsp3) is 0.500. The van der Waals surface area contributed by atoms with Crippen LogP contribution in [-0.4, -0.2) is 43.7 Å². The van der Waals surface area contributed by atoms with E-state index in [0.29, 0.717) is 38.0 Å². The van der Waals surface area contributed by atoms with Gasteiger partial charge in [0.2, 0.25) is 10.0 Å². The van der Waals surface area contributed by atoms with Crippen LogP contribution >= 0.6 is 0 Å². The molecule has 1 N–H and O–H groups in total. The molecule has 7 heteroatoms. The van der Waals surface area contributed by atoms with Crippen LogP contribution in [0.2, 0.25) is 0 Å². The second-order valence-electron chi connectivity index (χ2n) is 8.77. The summed E-state index contributed by atoms with van der Waals surface area (Å²) in [5, 5.41) is 9.39. The normalized spacial score (nSPS) is 25.9. The highest BCUT2D eigenvalue weighted by molar-refractivity contribution is 7.89. The van der Waals surface area contributed by atoms with Gasteiger partial charge in [-0.15, -0.1) is 0 Å². The van der Waals surface area contributed by atoms with E-state index in [1.165, 1.54) is 10.4 Å². The Hall–Kier alpha value is -1.80. The van der Waals surface area contributed by atoms with Crippen LogP contribution in [-0.2, 0) is 26.7 Å². The van der Waals surface area contributed by atoms with Crippen molar-refractivity contribution in [3.8, 4) is 0 Å². The van der Waals surface area contributed by atoms with Crippen LogP contribution in [0, 0.1) is 5.82 Å². The number of aliphatic hydroxyl groups excluding tert-OH is 1. The van der Waals surface area contributed by atoms with E-state index in [1.54, 1.807) is 6.07 Å². The van der Waals surface area contributed by atoms with Crippen molar-refractivity contribution in [3.63, 3.8) is 0 Å². The second-order valence-corrected chi connectivity index (χ2v) is 10.8. The molecule has 2 heterocycles. The maximum Gasteiger partial charge on any atom is 0.221 e. The lowest BCUT2D eigenvalue weighted by Crippen LogP contribution is -2.44. The monoisotopic (exact) mass is 447 g/mol. The number of rotatable bonds is 5. The van der Waals surface area contributed by atoms with Crippen LogP contribution in [0.1, 0.15) is 54.5 Å². The molecule has 2 aliphatic heterocycles. The fourth-order valence-electron chi connectivity index (χ4n) is 4.83. The number of halogens is 1. The zero-order valence-corrected chi connectivity index (χ0v) is 18.7. The zero-order chi connectivity index (χ0) is 22.1. The average molecular weight is 448 g/mol. The molecule has 4 rings (SSSR count). The fourth-order valence-corrected chi connectivity index (χ4v) is 7.01. The predicted molar refractivity (Wildman–Crippen MR) is 118 cm³/mol. The molecule has 0 aromatic heterocycles. The van der Waals surface area contributed by atoms with Gasteiger partial charge in [-0.2, -0.15) is 4.31 Å². The van der Waals surface area contributed by atoms with Gasteiger partial charge in [-0.25, -0.2) is 12.8 Å². The summed E-state index contributed by atoms with van der Waals surface area (Å²) in [7, 11) is -3.62. The Morgan fingerprint density at radius 1 is 1.13 bits per heavy atom. The Labute approximate surface area is 183 Å². The van der Waals surface area contributed by atoms with Crippen molar-refractivity contribution in [1.82, 2.24) is 4.31 Å². The highest BCUT2D eigenvalue weighted by Crippen LogP contribution is 2.39. The van der Waals surface area contributed by atoms with Gasteiger partial charge >= 0.3 is 0 Å². The molecule has 0 radical (unpaired) electrons. The summed E-state index contributed by atoms with van der Waals surface area (Å²) in [5.74, 6) is -0.430. The van der Waals surface area contributed by atoms with E-state index in [9.17, 15) is 13.5 Å². The maximum atomic E-state index is 15.1. The molecular weight excluding hydrogens is 417 g/mol.